The molecule has 1 atom stereocenters. The van der Waals surface area contributed by atoms with Crippen LogP contribution < -0.4 is 10.6 Å². The van der Waals surface area contributed by atoms with Crippen molar-refractivity contribution >= 4 is 17.0 Å². The monoisotopic (exact) mass is 368 g/mol. The molecule has 8 heteroatoms. The molecule has 0 saturated carbocycles. The highest BCUT2D eigenvalue weighted by atomic mass is 19.3. The van der Waals surface area contributed by atoms with Gasteiger partial charge in [-0.15, -0.1) is 0 Å². The highest BCUT2D eigenvalue weighted by molar-refractivity contribution is 5.79. The molecule has 3 heterocycles. The molecule has 27 heavy (non-hydrogen) atoms. The maximum atomic E-state index is 14.1. The van der Waals surface area contributed by atoms with Gasteiger partial charge in [-0.25, -0.2) is 13.8 Å². The van der Waals surface area contributed by atoms with E-state index in [4.69, 9.17) is 11.0 Å². The number of nitrogens with two attached hydrogens (primary N) is 1. The van der Waals surface area contributed by atoms with Gasteiger partial charge in [0.15, 0.2) is 0 Å². The van der Waals surface area contributed by atoms with Crippen molar-refractivity contribution in [3.05, 3.63) is 53.9 Å². The molecule has 0 radical (unpaired) electrons. The number of halogens is 2. The molecule has 0 amide bonds. The van der Waals surface area contributed by atoms with Crippen molar-refractivity contribution in [2.75, 3.05) is 18.0 Å². The number of benzene rings is 1. The van der Waals surface area contributed by atoms with Crippen LogP contribution in [0.3, 0.4) is 0 Å². The van der Waals surface area contributed by atoms with E-state index in [2.05, 4.69) is 9.97 Å². The van der Waals surface area contributed by atoms with E-state index in [1.807, 2.05) is 34.9 Å². The lowest BCUT2D eigenvalue weighted by Gasteiger charge is -2.36. The molecule has 0 bridgehead atoms. The van der Waals surface area contributed by atoms with Crippen LogP contribution in [-0.4, -0.2) is 39.6 Å². The van der Waals surface area contributed by atoms with Gasteiger partial charge < -0.3 is 15.2 Å². The maximum Gasteiger partial charge on any atom is 0.266 e. The van der Waals surface area contributed by atoms with Crippen LogP contribution in [0.15, 0.2) is 42.6 Å². The van der Waals surface area contributed by atoms with E-state index >= 15 is 0 Å². The zero-order valence-electron chi connectivity index (χ0n) is 14.5. The van der Waals surface area contributed by atoms with Gasteiger partial charge in [0.2, 0.25) is 5.95 Å². The van der Waals surface area contributed by atoms with Crippen LogP contribution in [-0.2, 0) is 6.54 Å². The lowest BCUT2D eigenvalue weighted by atomic mass is 10.0. The first-order valence-corrected chi connectivity index (χ1v) is 8.64. The number of piperidine rings is 1. The Morgan fingerprint density at radius 1 is 1.26 bits per heavy atom. The molecule has 138 valence electrons. The molecule has 0 aliphatic carbocycles. The second-order valence-electron chi connectivity index (χ2n) is 6.84. The van der Waals surface area contributed by atoms with Crippen LogP contribution in [0.2, 0.25) is 0 Å². The number of anilines is 1. The van der Waals surface area contributed by atoms with Gasteiger partial charge in [0.25, 0.3) is 5.92 Å². The highest BCUT2D eigenvalue weighted by Gasteiger charge is 2.40. The fraction of sp³-hybridized carbons (Fsp3) is 0.316. The minimum atomic E-state index is -2.85. The summed E-state index contributed by atoms with van der Waals surface area (Å²) in [5.74, 6) is -2.40. The third-order valence-electron chi connectivity index (χ3n) is 4.63. The van der Waals surface area contributed by atoms with E-state index in [0.29, 0.717) is 30.3 Å². The van der Waals surface area contributed by atoms with Crippen molar-refractivity contribution in [1.82, 2.24) is 14.5 Å². The van der Waals surface area contributed by atoms with E-state index in [1.54, 1.807) is 17.0 Å². The standard InChI is InChI=1S/C19H18F2N6/c20-19(21)7-14(23)10-26(12-19)18-25-16-3-1-2-4-17(16)27(18)11-15-6-5-13(8-22)9-24-15/h1-6,9,14H,7,10-12,23H2/t14-/m0/s1. The zero-order valence-corrected chi connectivity index (χ0v) is 14.5. The summed E-state index contributed by atoms with van der Waals surface area (Å²) in [4.78, 5) is 10.4. The molecular weight excluding hydrogens is 350 g/mol. The van der Waals surface area contributed by atoms with Gasteiger partial charge in [0.1, 0.15) is 6.07 Å². The molecule has 0 spiro atoms. The van der Waals surface area contributed by atoms with Crippen molar-refractivity contribution in [2.45, 2.75) is 24.9 Å². The Hall–Kier alpha value is -3.05. The number of nitriles is 1. The number of para-hydroxylation sites is 2. The SMILES string of the molecule is N#Cc1ccc(Cn2c(N3C[C@@H](N)CC(F)(F)C3)nc3ccccc32)nc1. The van der Waals surface area contributed by atoms with Crippen LogP contribution in [0, 0.1) is 11.3 Å². The molecule has 6 nitrogen and oxygen atoms in total. The Bertz CT molecular complexity index is 1010. The number of rotatable bonds is 3. The number of fused-ring (bicyclic) bond motifs is 1. The number of imidazole rings is 1. The normalized spacial score (nSPS) is 19.2. The predicted molar refractivity (Wildman–Crippen MR) is 97.5 cm³/mol. The average molecular weight is 368 g/mol. The van der Waals surface area contributed by atoms with Gasteiger partial charge in [-0.2, -0.15) is 5.26 Å². The average Bonchev–Trinajstić information content (AvgIpc) is 2.99. The third-order valence-corrected chi connectivity index (χ3v) is 4.63. The lowest BCUT2D eigenvalue weighted by molar-refractivity contribution is -0.0177. The zero-order chi connectivity index (χ0) is 19.0. The highest BCUT2D eigenvalue weighted by Crippen LogP contribution is 2.31. The molecule has 1 aliphatic rings. The quantitative estimate of drug-likeness (QED) is 0.768. The molecule has 1 aliphatic heterocycles. The van der Waals surface area contributed by atoms with E-state index in [0.717, 1.165) is 11.0 Å². The molecule has 3 aromatic rings. The number of hydrogen-bond donors (Lipinski definition) is 1. The Balaban J connectivity index is 1.76. The molecule has 4 rings (SSSR count). The molecule has 2 aromatic heterocycles. The molecule has 0 unspecified atom stereocenters. The fourth-order valence-corrected chi connectivity index (χ4v) is 3.50. The first kappa shape index (κ1) is 17.4. The summed E-state index contributed by atoms with van der Waals surface area (Å²) in [6.45, 7) is 0.267. The Morgan fingerprint density at radius 2 is 2.07 bits per heavy atom. The number of aromatic nitrogens is 3. The number of pyridine rings is 1. The Labute approximate surface area is 154 Å². The minimum absolute atomic E-state index is 0.319. The molecule has 1 aromatic carbocycles. The maximum absolute atomic E-state index is 14.1. The second kappa shape index (κ2) is 6.59. The first-order valence-electron chi connectivity index (χ1n) is 8.64. The van der Waals surface area contributed by atoms with Crippen molar-refractivity contribution < 1.29 is 8.78 Å². The number of alkyl halides is 2. The van der Waals surface area contributed by atoms with Crippen molar-refractivity contribution in [1.29, 1.82) is 5.26 Å². The van der Waals surface area contributed by atoms with Crippen LogP contribution in [0.5, 0.6) is 0 Å². The first-order chi connectivity index (χ1) is 12.9. The lowest BCUT2D eigenvalue weighted by Crippen LogP contribution is -2.53. The summed E-state index contributed by atoms with van der Waals surface area (Å²) < 4.78 is 30.0. The summed E-state index contributed by atoms with van der Waals surface area (Å²) in [5.41, 5.74) is 8.61. The second-order valence-corrected chi connectivity index (χ2v) is 6.84. The van der Waals surface area contributed by atoms with E-state index < -0.39 is 18.5 Å². The Kier molecular flexibility index (Phi) is 4.24. The molecule has 1 fully saturated rings. The predicted octanol–water partition coefficient (Wildman–Crippen LogP) is 2.52. The molecular formula is C19H18F2N6. The smallest absolute Gasteiger partial charge is 0.266 e. The summed E-state index contributed by atoms with van der Waals surface area (Å²) in [7, 11) is 0. The Morgan fingerprint density at radius 3 is 2.78 bits per heavy atom. The van der Waals surface area contributed by atoms with Crippen LogP contribution >= 0.6 is 0 Å². The number of nitrogens with zero attached hydrogens (tertiary/aromatic N) is 5. The van der Waals surface area contributed by atoms with Gasteiger partial charge in [0, 0.05) is 25.2 Å². The van der Waals surface area contributed by atoms with Gasteiger partial charge in [-0.05, 0) is 24.3 Å². The van der Waals surface area contributed by atoms with Crippen LogP contribution in [0.4, 0.5) is 14.7 Å². The van der Waals surface area contributed by atoms with Gasteiger partial charge >= 0.3 is 0 Å². The van der Waals surface area contributed by atoms with E-state index in [-0.39, 0.29) is 6.42 Å². The van der Waals surface area contributed by atoms with Crippen LogP contribution in [0.25, 0.3) is 11.0 Å². The topological polar surface area (TPSA) is 83.8 Å². The fourth-order valence-electron chi connectivity index (χ4n) is 3.50. The third kappa shape index (κ3) is 3.46. The van der Waals surface area contributed by atoms with E-state index in [9.17, 15) is 8.78 Å². The van der Waals surface area contributed by atoms with Gasteiger partial charge in [-0.3, -0.25) is 4.98 Å². The van der Waals surface area contributed by atoms with Gasteiger partial charge in [-0.1, -0.05) is 12.1 Å². The van der Waals surface area contributed by atoms with Crippen molar-refractivity contribution in [3.8, 4) is 6.07 Å². The molecule has 1 saturated heterocycles. The largest absolute Gasteiger partial charge is 0.335 e. The minimum Gasteiger partial charge on any atom is -0.335 e. The summed E-state index contributed by atoms with van der Waals surface area (Å²) >= 11 is 0. The van der Waals surface area contributed by atoms with Crippen molar-refractivity contribution in [2.24, 2.45) is 5.73 Å². The van der Waals surface area contributed by atoms with Crippen molar-refractivity contribution in [3.63, 3.8) is 0 Å². The summed E-state index contributed by atoms with van der Waals surface area (Å²) in [5, 5.41) is 8.92. The van der Waals surface area contributed by atoms with Crippen LogP contribution in [0.1, 0.15) is 17.7 Å². The van der Waals surface area contributed by atoms with Gasteiger partial charge in [0.05, 0.1) is 35.4 Å². The summed E-state index contributed by atoms with van der Waals surface area (Å²) in [6, 6.07) is 12.4. The number of hydrogen-bond acceptors (Lipinski definition) is 5. The molecule has 2 N–H and O–H groups in total. The van der Waals surface area contributed by atoms with E-state index in [1.165, 1.54) is 6.20 Å². The summed E-state index contributed by atoms with van der Waals surface area (Å²) in [6.07, 6.45) is 1.18.